The molecule has 0 aromatic heterocycles. The molecule has 0 bridgehead atoms. The molecule has 3 amide bonds. The Labute approximate surface area is 136 Å². The minimum Gasteiger partial charge on any atom is -0.376 e. The molecule has 1 aromatic rings. The molecule has 0 spiro atoms. The lowest BCUT2D eigenvalue weighted by molar-refractivity contribution is -0.117. The molecule has 2 fully saturated rings. The summed E-state index contributed by atoms with van der Waals surface area (Å²) in [5, 5.41) is 5.66. The third-order valence-corrected chi connectivity index (χ3v) is 4.35. The van der Waals surface area contributed by atoms with Crippen molar-refractivity contribution in [2.24, 2.45) is 0 Å². The van der Waals surface area contributed by atoms with Gasteiger partial charge in [0, 0.05) is 37.5 Å². The molecule has 3 rings (SSSR count). The molecule has 124 valence electrons. The number of benzene rings is 1. The zero-order chi connectivity index (χ0) is 16.2. The van der Waals surface area contributed by atoms with Gasteiger partial charge in [-0.3, -0.25) is 4.79 Å². The first-order chi connectivity index (χ1) is 11.1. The van der Waals surface area contributed by atoms with Crippen molar-refractivity contribution in [2.45, 2.75) is 38.7 Å². The van der Waals surface area contributed by atoms with Gasteiger partial charge in [-0.2, -0.15) is 0 Å². The van der Waals surface area contributed by atoms with Crippen LogP contribution in [0.5, 0.6) is 0 Å². The van der Waals surface area contributed by atoms with Gasteiger partial charge in [-0.05, 0) is 43.9 Å². The van der Waals surface area contributed by atoms with Gasteiger partial charge in [-0.1, -0.05) is 6.07 Å². The molecule has 1 unspecified atom stereocenters. The number of hydrogen-bond acceptors (Lipinski definition) is 3. The van der Waals surface area contributed by atoms with E-state index in [1.165, 1.54) is 0 Å². The van der Waals surface area contributed by atoms with Gasteiger partial charge in [-0.25, -0.2) is 4.79 Å². The van der Waals surface area contributed by atoms with Crippen LogP contribution in [0.15, 0.2) is 18.2 Å². The van der Waals surface area contributed by atoms with E-state index in [4.69, 9.17) is 4.74 Å². The standard InChI is InChI=1S/C17H23N3O3/c1-12-6-7-13(10-15(12)20-8-2-5-16(20)21)19-17(22)18-11-14-4-3-9-23-14/h6-7,10,14H,2-5,8-9,11H2,1H3,(H2,18,19,22). The molecular formula is C17H23N3O3. The van der Waals surface area contributed by atoms with E-state index in [1.807, 2.05) is 25.1 Å². The molecule has 0 radical (unpaired) electrons. The summed E-state index contributed by atoms with van der Waals surface area (Å²) in [6.45, 7) is 4.02. The van der Waals surface area contributed by atoms with Crippen molar-refractivity contribution in [1.29, 1.82) is 0 Å². The molecule has 1 aromatic carbocycles. The van der Waals surface area contributed by atoms with Gasteiger partial charge in [0.2, 0.25) is 5.91 Å². The molecule has 6 heteroatoms. The predicted molar refractivity (Wildman–Crippen MR) is 88.8 cm³/mol. The van der Waals surface area contributed by atoms with E-state index in [-0.39, 0.29) is 18.0 Å². The average molecular weight is 317 g/mol. The Bertz CT molecular complexity index is 597. The van der Waals surface area contributed by atoms with Crippen LogP contribution in [0.25, 0.3) is 0 Å². The summed E-state index contributed by atoms with van der Waals surface area (Å²) in [6.07, 6.45) is 3.65. The number of hydrogen-bond donors (Lipinski definition) is 2. The number of ether oxygens (including phenoxy) is 1. The predicted octanol–water partition coefficient (Wildman–Crippen LogP) is 2.42. The molecule has 1 atom stereocenters. The SMILES string of the molecule is Cc1ccc(NC(=O)NCC2CCCO2)cc1N1CCCC1=O. The van der Waals surface area contributed by atoms with Crippen LogP contribution < -0.4 is 15.5 Å². The average Bonchev–Trinajstić information content (AvgIpc) is 3.19. The van der Waals surface area contributed by atoms with E-state index >= 15 is 0 Å². The largest absolute Gasteiger partial charge is 0.376 e. The Morgan fingerprint density at radius 1 is 1.39 bits per heavy atom. The minimum absolute atomic E-state index is 0.122. The highest BCUT2D eigenvalue weighted by Crippen LogP contribution is 2.28. The van der Waals surface area contributed by atoms with Gasteiger partial charge in [0.05, 0.1) is 6.10 Å². The molecular weight excluding hydrogens is 294 g/mol. The maximum atomic E-state index is 12.0. The number of aryl methyl sites for hydroxylation is 1. The quantitative estimate of drug-likeness (QED) is 0.896. The number of nitrogens with zero attached hydrogens (tertiary/aromatic N) is 1. The molecule has 2 aliphatic rings. The van der Waals surface area contributed by atoms with Crippen molar-refractivity contribution in [3.63, 3.8) is 0 Å². The second-order valence-corrected chi connectivity index (χ2v) is 6.12. The monoisotopic (exact) mass is 317 g/mol. The highest BCUT2D eigenvalue weighted by molar-refractivity contribution is 5.97. The van der Waals surface area contributed by atoms with Gasteiger partial charge < -0.3 is 20.3 Å². The number of carbonyl (C=O) groups excluding carboxylic acids is 2. The Morgan fingerprint density at radius 3 is 2.96 bits per heavy atom. The van der Waals surface area contributed by atoms with Gasteiger partial charge in [0.1, 0.15) is 0 Å². The molecule has 2 saturated heterocycles. The van der Waals surface area contributed by atoms with Crippen molar-refractivity contribution in [3.8, 4) is 0 Å². The summed E-state index contributed by atoms with van der Waals surface area (Å²) in [5.74, 6) is 0.146. The topological polar surface area (TPSA) is 70.7 Å². The van der Waals surface area contributed by atoms with Crippen LogP contribution in [0.2, 0.25) is 0 Å². The van der Waals surface area contributed by atoms with Crippen LogP contribution in [0.4, 0.5) is 16.2 Å². The fourth-order valence-electron chi connectivity index (χ4n) is 3.07. The summed E-state index contributed by atoms with van der Waals surface area (Å²) in [5.41, 5.74) is 2.60. The van der Waals surface area contributed by atoms with Crippen LogP contribution in [0.1, 0.15) is 31.2 Å². The number of carbonyl (C=O) groups is 2. The molecule has 23 heavy (non-hydrogen) atoms. The van der Waals surface area contributed by atoms with Crippen LogP contribution in [0.3, 0.4) is 0 Å². The third-order valence-electron chi connectivity index (χ3n) is 4.35. The lowest BCUT2D eigenvalue weighted by Gasteiger charge is -2.19. The summed E-state index contributed by atoms with van der Waals surface area (Å²) >= 11 is 0. The zero-order valence-electron chi connectivity index (χ0n) is 13.4. The number of urea groups is 1. The normalized spacial score (nSPS) is 20.8. The molecule has 0 aliphatic carbocycles. The van der Waals surface area contributed by atoms with E-state index in [9.17, 15) is 9.59 Å². The Balaban J connectivity index is 1.61. The number of amides is 3. The lowest BCUT2D eigenvalue weighted by Crippen LogP contribution is -2.35. The first-order valence-corrected chi connectivity index (χ1v) is 8.21. The summed E-state index contributed by atoms with van der Waals surface area (Å²) in [6, 6.07) is 5.40. The lowest BCUT2D eigenvalue weighted by atomic mass is 10.1. The molecule has 0 saturated carbocycles. The molecule has 2 aliphatic heterocycles. The summed E-state index contributed by atoms with van der Waals surface area (Å²) < 4.78 is 5.48. The first-order valence-electron chi connectivity index (χ1n) is 8.21. The Kier molecular flexibility index (Phi) is 4.81. The molecule has 6 nitrogen and oxygen atoms in total. The van der Waals surface area contributed by atoms with Crippen LogP contribution in [-0.4, -0.2) is 37.7 Å². The zero-order valence-corrected chi connectivity index (χ0v) is 13.4. The Morgan fingerprint density at radius 2 is 2.26 bits per heavy atom. The van der Waals surface area contributed by atoms with Crippen molar-refractivity contribution in [3.05, 3.63) is 23.8 Å². The van der Waals surface area contributed by atoms with Crippen molar-refractivity contribution in [2.75, 3.05) is 29.9 Å². The van der Waals surface area contributed by atoms with E-state index < -0.39 is 0 Å². The van der Waals surface area contributed by atoms with Gasteiger partial charge in [0.25, 0.3) is 0 Å². The number of nitrogens with one attached hydrogen (secondary N) is 2. The summed E-state index contributed by atoms with van der Waals surface area (Å²) in [7, 11) is 0. The van der Waals surface area contributed by atoms with Crippen LogP contribution >= 0.6 is 0 Å². The molecule has 2 N–H and O–H groups in total. The Hall–Kier alpha value is -2.08. The highest BCUT2D eigenvalue weighted by Gasteiger charge is 2.23. The van der Waals surface area contributed by atoms with Crippen molar-refractivity contribution >= 4 is 23.3 Å². The number of rotatable bonds is 4. The molecule has 2 heterocycles. The second kappa shape index (κ2) is 7.00. The fourth-order valence-corrected chi connectivity index (χ4v) is 3.07. The maximum Gasteiger partial charge on any atom is 0.319 e. The first kappa shape index (κ1) is 15.8. The van der Waals surface area contributed by atoms with E-state index in [1.54, 1.807) is 4.90 Å². The van der Waals surface area contributed by atoms with Crippen molar-refractivity contribution in [1.82, 2.24) is 5.32 Å². The van der Waals surface area contributed by atoms with Gasteiger partial charge in [-0.15, -0.1) is 0 Å². The minimum atomic E-state index is -0.247. The fraction of sp³-hybridized carbons (Fsp3) is 0.529. The highest BCUT2D eigenvalue weighted by atomic mass is 16.5. The number of anilines is 2. The van der Waals surface area contributed by atoms with Crippen LogP contribution in [0, 0.1) is 6.92 Å². The smallest absolute Gasteiger partial charge is 0.319 e. The van der Waals surface area contributed by atoms with E-state index in [0.717, 1.165) is 43.7 Å². The summed E-state index contributed by atoms with van der Waals surface area (Å²) in [4.78, 5) is 25.7. The van der Waals surface area contributed by atoms with Gasteiger partial charge in [0.15, 0.2) is 0 Å². The second-order valence-electron chi connectivity index (χ2n) is 6.12. The van der Waals surface area contributed by atoms with E-state index in [0.29, 0.717) is 18.7 Å². The maximum absolute atomic E-state index is 12.0. The van der Waals surface area contributed by atoms with Gasteiger partial charge >= 0.3 is 6.03 Å². The van der Waals surface area contributed by atoms with E-state index in [2.05, 4.69) is 10.6 Å². The third kappa shape index (κ3) is 3.82. The van der Waals surface area contributed by atoms with Crippen LogP contribution in [-0.2, 0) is 9.53 Å². The van der Waals surface area contributed by atoms with Crippen molar-refractivity contribution < 1.29 is 14.3 Å².